The Morgan fingerprint density at radius 2 is 1.92 bits per heavy atom. The van der Waals surface area contributed by atoms with E-state index in [2.05, 4.69) is 4.98 Å². The molecule has 2 N–H and O–H groups in total. The first-order valence-corrected chi connectivity index (χ1v) is 10.0. The molecule has 0 saturated carbocycles. The van der Waals surface area contributed by atoms with Gasteiger partial charge in [0, 0.05) is 0 Å². The van der Waals surface area contributed by atoms with Gasteiger partial charge in [0.05, 0.1) is 16.1 Å². The van der Waals surface area contributed by atoms with Crippen molar-refractivity contribution in [2.24, 2.45) is 5.92 Å². The molecule has 2 rings (SSSR count). The number of rotatable bonds is 10. The van der Waals surface area contributed by atoms with E-state index in [9.17, 15) is 15.0 Å². The molecule has 4 nitrogen and oxygen atoms in total. The smallest absolute Gasteiger partial charge is 0.307 e. The second-order valence-electron chi connectivity index (χ2n) is 6.40. The molecule has 2 atom stereocenters. The number of carbonyl (C=O) groups is 1. The van der Waals surface area contributed by atoms with Crippen LogP contribution in [-0.2, 0) is 10.2 Å². The minimum atomic E-state index is -1.10. The van der Waals surface area contributed by atoms with Gasteiger partial charge in [0.25, 0.3) is 0 Å². The molecule has 1 heterocycles. The van der Waals surface area contributed by atoms with E-state index in [0.29, 0.717) is 17.8 Å². The zero-order valence-electron chi connectivity index (χ0n) is 14.7. The highest BCUT2D eigenvalue weighted by atomic mass is 32.1. The largest absolute Gasteiger partial charge is 0.501 e. The highest BCUT2D eigenvalue weighted by Gasteiger charge is 2.50. The monoisotopic (exact) mass is 379 g/mol. The molecule has 1 aromatic heterocycles. The van der Waals surface area contributed by atoms with E-state index in [-0.39, 0.29) is 5.05 Å². The molecule has 0 bridgehead atoms. The predicted molar refractivity (Wildman–Crippen MR) is 107 cm³/mol. The van der Waals surface area contributed by atoms with Crippen LogP contribution in [0.2, 0.25) is 0 Å². The maximum atomic E-state index is 12.1. The van der Waals surface area contributed by atoms with Gasteiger partial charge >= 0.3 is 5.97 Å². The van der Waals surface area contributed by atoms with E-state index in [1.165, 1.54) is 11.3 Å². The van der Waals surface area contributed by atoms with Crippen molar-refractivity contribution in [1.82, 2.24) is 4.98 Å². The molecule has 0 aliphatic carbocycles. The number of unbranched alkanes of at least 4 members (excludes halogenated alkanes) is 2. The summed E-state index contributed by atoms with van der Waals surface area (Å²) in [6, 6.07) is 7.70. The summed E-state index contributed by atoms with van der Waals surface area (Å²) in [4.78, 5) is 16.8. The molecule has 2 aromatic rings. The number of para-hydroxylation sites is 1. The third-order valence-electron chi connectivity index (χ3n) is 4.72. The number of thiocarbonyl (C=S) groups is 1. The average molecular weight is 380 g/mol. The Morgan fingerprint density at radius 3 is 2.48 bits per heavy atom. The van der Waals surface area contributed by atoms with Gasteiger partial charge in [-0.05, 0) is 37.2 Å². The summed E-state index contributed by atoms with van der Waals surface area (Å²) >= 11 is 6.67. The molecule has 2 unspecified atom stereocenters. The standard InChI is InChI=1S/C19H25NO3S2/c1-3-5-9-13(16(21)22)19(18(23)24,12-6-4-2)17-20-14-10-7-8-11-15(14)25-17/h7-8,10-11,13H,3-6,9,12H2,1-2H3,(H,21,22)(H,23,24). The fourth-order valence-electron chi connectivity index (χ4n) is 3.29. The second-order valence-corrected chi connectivity index (χ2v) is 7.82. The summed E-state index contributed by atoms with van der Waals surface area (Å²) < 4.78 is 0.981. The quantitative estimate of drug-likeness (QED) is 0.533. The van der Waals surface area contributed by atoms with E-state index in [4.69, 9.17) is 12.2 Å². The Balaban J connectivity index is 2.63. The third-order valence-corrected chi connectivity index (χ3v) is 6.30. The zero-order chi connectivity index (χ0) is 18.4. The van der Waals surface area contributed by atoms with Gasteiger partial charge in [-0.25, -0.2) is 4.98 Å². The van der Waals surface area contributed by atoms with Crippen molar-refractivity contribution in [3.8, 4) is 0 Å². The molecule has 25 heavy (non-hydrogen) atoms. The molecule has 0 fully saturated rings. The average Bonchev–Trinajstić information content (AvgIpc) is 3.01. The highest BCUT2D eigenvalue weighted by Crippen LogP contribution is 2.44. The Kier molecular flexibility index (Phi) is 6.90. The molecule has 6 heteroatoms. The van der Waals surface area contributed by atoms with Gasteiger partial charge < -0.3 is 10.2 Å². The number of aliphatic hydroxyl groups is 1. The molecule has 0 spiro atoms. The lowest BCUT2D eigenvalue weighted by Crippen LogP contribution is -2.46. The number of carboxylic acids is 1. The Morgan fingerprint density at radius 1 is 1.24 bits per heavy atom. The molecule has 0 aliphatic rings. The number of hydrogen-bond acceptors (Lipinski definition) is 4. The van der Waals surface area contributed by atoms with Crippen LogP contribution in [0.4, 0.5) is 0 Å². The van der Waals surface area contributed by atoms with Gasteiger partial charge in [-0.2, -0.15) is 0 Å². The van der Waals surface area contributed by atoms with Gasteiger partial charge in [0.15, 0.2) is 5.05 Å². The number of nitrogens with zero attached hydrogens (tertiary/aromatic N) is 1. The van der Waals surface area contributed by atoms with Crippen molar-refractivity contribution < 1.29 is 15.0 Å². The summed E-state index contributed by atoms with van der Waals surface area (Å²) in [5.74, 6) is -1.68. The molecular formula is C19H25NO3S2. The van der Waals surface area contributed by atoms with Crippen LogP contribution in [0.3, 0.4) is 0 Å². The lowest BCUT2D eigenvalue weighted by molar-refractivity contribution is -0.144. The third kappa shape index (κ3) is 4.01. The molecular weight excluding hydrogens is 354 g/mol. The normalized spacial score (nSPS) is 15.0. The Labute approximate surface area is 157 Å². The van der Waals surface area contributed by atoms with Gasteiger partial charge in [0.1, 0.15) is 10.4 Å². The number of aromatic nitrogens is 1. The number of thiazole rings is 1. The lowest BCUT2D eigenvalue weighted by atomic mass is 9.70. The summed E-state index contributed by atoms with van der Waals surface area (Å²) in [6.07, 6.45) is 4.33. The first-order valence-electron chi connectivity index (χ1n) is 8.79. The molecule has 136 valence electrons. The topological polar surface area (TPSA) is 70.4 Å². The van der Waals surface area contributed by atoms with Crippen molar-refractivity contribution in [2.45, 2.75) is 57.8 Å². The zero-order valence-corrected chi connectivity index (χ0v) is 16.3. The van der Waals surface area contributed by atoms with Crippen molar-refractivity contribution >= 4 is 44.8 Å². The molecule has 0 amide bonds. The maximum absolute atomic E-state index is 12.1. The van der Waals surface area contributed by atoms with Crippen LogP contribution in [0.15, 0.2) is 24.3 Å². The SMILES string of the molecule is CCCCC(C(=O)O)C(CCCC)(C(O)=S)c1nc2ccccc2s1. The number of hydrogen-bond donors (Lipinski definition) is 2. The van der Waals surface area contributed by atoms with Crippen LogP contribution in [-0.4, -0.2) is 26.2 Å². The number of carboxylic acid groups (broad SMARTS) is 1. The Bertz CT molecular complexity index is 710. The predicted octanol–water partition coefficient (Wildman–Crippen LogP) is 5.50. The minimum absolute atomic E-state index is 0.247. The number of aliphatic hydroxyl groups excluding tert-OH is 1. The van der Waals surface area contributed by atoms with Crippen LogP contribution in [0.5, 0.6) is 0 Å². The van der Waals surface area contributed by atoms with Crippen molar-refractivity contribution in [3.63, 3.8) is 0 Å². The maximum Gasteiger partial charge on any atom is 0.307 e. The van der Waals surface area contributed by atoms with Gasteiger partial charge in [0.2, 0.25) is 0 Å². The van der Waals surface area contributed by atoms with Crippen LogP contribution >= 0.6 is 23.6 Å². The summed E-state index contributed by atoms with van der Waals surface area (Å²) in [7, 11) is 0. The highest BCUT2D eigenvalue weighted by molar-refractivity contribution is 7.80. The lowest BCUT2D eigenvalue weighted by Gasteiger charge is -2.35. The number of aliphatic carboxylic acids is 1. The van der Waals surface area contributed by atoms with Crippen LogP contribution in [0.1, 0.15) is 57.4 Å². The van der Waals surface area contributed by atoms with E-state index < -0.39 is 17.3 Å². The number of benzene rings is 1. The fourth-order valence-corrected chi connectivity index (χ4v) is 4.93. The second kappa shape index (κ2) is 8.72. The number of fused-ring (bicyclic) bond motifs is 1. The van der Waals surface area contributed by atoms with Crippen molar-refractivity contribution in [1.29, 1.82) is 0 Å². The molecule has 0 aliphatic heterocycles. The molecule has 1 aromatic carbocycles. The van der Waals surface area contributed by atoms with Crippen LogP contribution < -0.4 is 0 Å². The first-order chi connectivity index (χ1) is 12.0. The molecule has 0 radical (unpaired) electrons. The van der Waals surface area contributed by atoms with Gasteiger partial charge in [-0.15, -0.1) is 11.3 Å². The molecule has 0 saturated heterocycles. The van der Waals surface area contributed by atoms with Crippen molar-refractivity contribution in [2.75, 3.05) is 0 Å². The van der Waals surface area contributed by atoms with Crippen LogP contribution in [0, 0.1) is 5.92 Å². The summed E-state index contributed by atoms with van der Waals surface area (Å²) in [5, 5.41) is 20.8. The Hall–Kier alpha value is -1.53. The van der Waals surface area contributed by atoms with E-state index in [1.54, 1.807) is 0 Å². The van der Waals surface area contributed by atoms with Crippen molar-refractivity contribution in [3.05, 3.63) is 29.3 Å². The minimum Gasteiger partial charge on any atom is -0.501 e. The fraction of sp³-hybridized carbons (Fsp3) is 0.526. The van der Waals surface area contributed by atoms with Crippen LogP contribution in [0.25, 0.3) is 10.2 Å². The van der Waals surface area contributed by atoms with E-state index >= 15 is 0 Å². The summed E-state index contributed by atoms with van der Waals surface area (Å²) in [5.41, 5.74) is -0.282. The van der Waals surface area contributed by atoms with E-state index in [0.717, 1.165) is 35.9 Å². The summed E-state index contributed by atoms with van der Waals surface area (Å²) in [6.45, 7) is 4.08. The van der Waals surface area contributed by atoms with Gasteiger partial charge in [-0.1, -0.05) is 51.7 Å². The van der Waals surface area contributed by atoms with Gasteiger partial charge in [-0.3, -0.25) is 4.79 Å². The van der Waals surface area contributed by atoms with E-state index in [1.807, 2.05) is 38.1 Å². The first kappa shape index (κ1) is 19.8.